The number of rotatable bonds is 2. The minimum Gasteiger partial charge on any atom is -0.339 e. The average Bonchev–Trinajstić information content (AvgIpc) is 2.21. The molecule has 0 amide bonds. The molecule has 0 unspecified atom stereocenters. The highest BCUT2D eigenvalue weighted by atomic mass is 79.9. The van der Waals surface area contributed by atoms with Crippen LogP contribution in [0.3, 0.4) is 0 Å². The van der Waals surface area contributed by atoms with Crippen molar-refractivity contribution in [1.29, 1.82) is 0 Å². The highest BCUT2D eigenvalue weighted by Crippen LogP contribution is 2.26. The number of aryl methyl sites for hydroxylation is 2. The molecule has 1 N–H and O–H groups in total. The number of halogens is 2. The minimum absolute atomic E-state index is 0.678. The zero-order chi connectivity index (χ0) is 12.4. The molecule has 1 aromatic carbocycles. The van der Waals surface area contributed by atoms with E-state index in [1.54, 1.807) is 0 Å². The number of anilines is 2. The molecule has 0 aliphatic carbocycles. The number of hydrogen-bond acceptors (Lipinski definition) is 3. The van der Waals surface area contributed by atoms with E-state index < -0.39 is 0 Å². The van der Waals surface area contributed by atoms with Gasteiger partial charge in [-0.3, -0.25) is 0 Å². The first-order chi connectivity index (χ1) is 8.04. The lowest BCUT2D eigenvalue weighted by Gasteiger charge is -2.09. The number of aromatic nitrogens is 2. The Hall–Kier alpha value is -1.13. The van der Waals surface area contributed by atoms with E-state index >= 15 is 0 Å². The van der Waals surface area contributed by atoms with Gasteiger partial charge in [-0.05, 0) is 47.5 Å². The summed E-state index contributed by atoms with van der Waals surface area (Å²) in [5.74, 6) is 1.42. The van der Waals surface area contributed by atoms with Crippen LogP contribution >= 0.6 is 27.5 Å². The second kappa shape index (κ2) is 5.02. The van der Waals surface area contributed by atoms with E-state index in [0.717, 1.165) is 21.7 Å². The van der Waals surface area contributed by atoms with Crippen molar-refractivity contribution < 1.29 is 0 Å². The summed E-state index contributed by atoms with van der Waals surface area (Å²) in [7, 11) is 0. The molecule has 0 aliphatic heterocycles. The highest BCUT2D eigenvalue weighted by Gasteiger charge is 2.03. The first-order valence-corrected chi connectivity index (χ1v) is 6.26. The molecule has 1 heterocycles. The van der Waals surface area contributed by atoms with Crippen molar-refractivity contribution in [3.8, 4) is 0 Å². The van der Waals surface area contributed by atoms with Gasteiger partial charge in [0.1, 0.15) is 16.2 Å². The third kappa shape index (κ3) is 3.17. The summed E-state index contributed by atoms with van der Waals surface area (Å²) in [6.45, 7) is 3.84. The van der Waals surface area contributed by atoms with Gasteiger partial charge in [-0.2, -0.15) is 0 Å². The lowest BCUT2D eigenvalue weighted by Crippen LogP contribution is -1.98. The molecule has 0 atom stereocenters. The summed E-state index contributed by atoms with van der Waals surface area (Å²) in [5, 5.41) is 3.85. The van der Waals surface area contributed by atoms with Crippen LogP contribution in [0.25, 0.3) is 0 Å². The molecular formula is C12H11BrClN3. The zero-order valence-electron chi connectivity index (χ0n) is 9.46. The lowest BCUT2D eigenvalue weighted by molar-refractivity contribution is 1.04. The molecule has 0 saturated carbocycles. The molecule has 0 aliphatic rings. The molecule has 3 nitrogen and oxygen atoms in total. The van der Waals surface area contributed by atoms with Gasteiger partial charge in [0.05, 0.1) is 10.7 Å². The summed E-state index contributed by atoms with van der Waals surface area (Å²) < 4.78 is 0.746. The second-order valence-corrected chi connectivity index (χ2v) is 4.95. The van der Waals surface area contributed by atoms with Crippen LogP contribution < -0.4 is 5.32 Å². The van der Waals surface area contributed by atoms with E-state index in [1.807, 2.05) is 38.1 Å². The van der Waals surface area contributed by atoms with Crippen molar-refractivity contribution in [2.24, 2.45) is 0 Å². The Labute approximate surface area is 113 Å². The molecule has 88 valence electrons. The van der Waals surface area contributed by atoms with E-state index in [2.05, 4.69) is 31.2 Å². The average molecular weight is 313 g/mol. The minimum atomic E-state index is 0.678. The van der Waals surface area contributed by atoms with Crippen molar-refractivity contribution in [3.05, 3.63) is 45.3 Å². The lowest BCUT2D eigenvalue weighted by atomic mass is 10.2. The predicted octanol–water partition coefficient (Wildman–Crippen LogP) is 4.25. The molecule has 17 heavy (non-hydrogen) atoms. The summed E-state index contributed by atoms with van der Waals surface area (Å²) in [6.07, 6.45) is 0. The molecule has 2 aromatic rings. The molecule has 0 fully saturated rings. The third-order valence-electron chi connectivity index (χ3n) is 2.19. The Balaban J connectivity index is 2.31. The Kier molecular flexibility index (Phi) is 3.64. The Morgan fingerprint density at radius 1 is 1.18 bits per heavy atom. The number of nitrogens with one attached hydrogen (secondary N) is 1. The van der Waals surface area contributed by atoms with Crippen molar-refractivity contribution in [2.75, 3.05) is 5.32 Å². The third-order valence-corrected chi connectivity index (χ3v) is 2.91. The van der Waals surface area contributed by atoms with Crippen molar-refractivity contribution in [3.63, 3.8) is 0 Å². The van der Waals surface area contributed by atoms with Crippen molar-refractivity contribution >= 4 is 39.0 Å². The van der Waals surface area contributed by atoms with E-state index in [0.29, 0.717) is 10.8 Å². The first-order valence-electron chi connectivity index (χ1n) is 5.09. The monoisotopic (exact) mass is 311 g/mol. The van der Waals surface area contributed by atoms with Crippen LogP contribution in [-0.2, 0) is 0 Å². The second-order valence-electron chi connectivity index (χ2n) is 3.73. The number of nitrogens with zero attached hydrogens (tertiary/aromatic N) is 2. The Morgan fingerprint density at radius 2 is 1.94 bits per heavy atom. The maximum absolute atomic E-state index is 6.14. The quantitative estimate of drug-likeness (QED) is 0.842. The molecule has 1 aromatic heterocycles. The van der Waals surface area contributed by atoms with Crippen LogP contribution in [0.1, 0.15) is 11.4 Å². The molecule has 0 radical (unpaired) electrons. The molecule has 0 saturated heterocycles. The molecular weight excluding hydrogens is 302 g/mol. The van der Waals surface area contributed by atoms with Gasteiger partial charge < -0.3 is 5.32 Å². The van der Waals surface area contributed by atoms with Crippen LogP contribution in [0.15, 0.2) is 28.9 Å². The normalized spacial score (nSPS) is 10.4. The highest BCUT2D eigenvalue weighted by molar-refractivity contribution is 9.10. The van der Waals surface area contributed by atoms with Gasteiger partial charge in [0.2, 0.25) is 0 Å². The molecule has 0 bridgehead atoms. The Bertz CT molecular complexity index is 537. The smallest absolute Gasteiger partial charge is 0.135 e. The molecule has 5 heteroatoms. The van der Waals surface area contributed by atoms with Crippen molar-refractivity contribution in [1.82, 2.24) is 9.97 Å². The van der Waals surface area contributed by atoms with Crippen LogP contribution in [0.4, 0.5) is 11.5 Å². The van der Waals surface area contributed by atoms with Gasteiger partial charge in [0, 0.05) is 6.07 Å². The van der Waals surface area contributed by atoms with Crippen LogP contribution in [0.2, 0.25) is 5.02 Å². The van der Waals surface area contributed by atoms with Crippen molar-refractivity contribution in [2.45, 2.75) is 13.8 Å². The summed E-state index contributed by atoms with van der Waals surface area (Å²) >= 11 is 9.47. The maximum atomic E-state index is 6.14. The fraction of sp³-hybridized carbons (Fsp3) is 0.167. The van der Waals surface area contributed by atoms with E-state index in [1.165, 1.54) is 0 Å². The SMILES string of the molecule is Cc1ccc(Nc2cc(Br)nc(C)n2)c(Cl)c1. The van der Waals surface area contributed by atoms with Crippen LogP contribution in [0, 0.1) is 13.8 Å². The summed E-state index contributed by atoms with van der Waals surface area (Å²) in [5.41, 5.74) is 1.96. The van der Waals surface area contributed by atoms with Crippen LogP contribution in [0.5, 0.6) is 0 Å². The van der Waals surface area contributed by atoms with Gasteiger partial charge in [-0.1, -0.05) is 17.7 Å². The van der Waals surface area contributed by atoms with E-state index in [-0.39, 0.29) is 0 Å². The number of hydrogen-bond donors (Lipinski definition) is 1. The van der Waals surface area contributed by atoms with Gasteiger partial charge in [0.25, 0.3) is 0 Å². The van der Waals surface area contributed by atoms with Gasteiger partial charge in [-0.25, -0.2) is 9.97 Å². The van der Waals surface area contributed by atoms with E-state index in [4.69, 9.17) is 11.6 Å². The summed E-state index contributed by atoms with van der Waals surface area (Å²) in [6, 6.07) is 7.65. The fourth-order valence-electron chi connectivity index (χ4n) is 1.45. The van der Waals surface area contributed by atoms with Gasteiger partial charge in [-0.15, -0.1) is 0 Å². The van der Waals surface area contributed by atoms with E-state index in [9.17, 15) is 0 Å². The predicted molar refractivity (Wildman–Crippen MR) is 73.9 cm³/mol. The van der Waals surface area contributed by atoms with Crippen LogP contribution in [-0.4, -0.2) is 9.97 Å². The standard InChI is InChI=1S/C12H11BrClN3/c1-7-3-4-10(9(14)5-7)17-12-6-11(13)15-8(2)16-12/h3-6H,1-2H3,(H,15,16,17). The fourth-order valence-corrected chi connectivity index (χ4v) is 2.21. The number of benzene rings is 1. The molecule has 0 spiro atoms. The topological polar surface area (TPSA) is 37.8 Å². The van der Waals surface area contributed by atoms with Gasteiger partial charge in [0.15, 0.2) is 0 Å². The first kappa shape index (κ1) is 12.3. The van der Waals surface area contributed by atoms with Gasteiger partial charge >= 0.3 is 0 Å². The maximum Gasteiger partial charge on any atom is 0.135 e. The zero-order valence-corrected chi connectivity index (χ0v) is 11.8. The summed E-state index contributed by atoms with van der Waals surface area (Å²) in [4.78, 5) is 8.43. The molecule has 2 rings (SSSR count). The largest absolute Gasteiger partial charge is 0.339 e. The Morgan fingerprint density at radius 3 is 2.59 bits per heavy atom.